The van der Waals surface area contributed by atoms with Gasteiger partial charge in [-0.1, -0.05) is 48.5 Å². The summed E-state index contributed by atoms with van der Waals surface area (Å²) >= 11 is 0. The molecule has 2 atom stereocenters. The molecule has 4 rings (SSSR count). The minimum Gasteiger partial charge on any atom is -0.311 e. The van der Waals surface area contributed by atoms with E-state index in [9.17, 15) is 4.79 Å². The van der Waals surface area contributed by atoms with Crippen LogP contribution in [0.4, 0.5) is 0 Å². The van der Waals surface area contributed by atoms with Crippen LogP contribution in [0, 0.1) is 13.8 Å². The van der Waals surface area contributed by atoms with E-state index in [4.69, 9.17) is 0 Å². The van der Waals surface area contributed by atoms with Gasteiger partial charge in [0.15, 0.2) is 0 Å². The van der Waals surface area contributed by atoms with Crippen LogP contribution in [-0.2, 0) is 11.3 Å². The Morgan fingerprint density at radius 2 is 1.84 bits per heavy atom. The lowest BCUT2D eigenvalue weighted by atomic mass is 9.97. The van der Waals surface area contributed by atoms with E-state index in [-0.39, 0.29) is 18.0 Å². The van der Waals surface area contributed by atoms with Crippen molar-refractivity contribution in [1.29, 1.82) is 0 Å². The van der Waals surface area contributed by atoms with Crippen LogP contribution in [0.25, 0.3) is 0 Å². The zero-order valence-electron chi connectivity index (χ0n) is 14.6. The molecule has 2 aliphatic heterocycles. The molecule has 0 aliphatic carbocycles. The van der Waals surface area contributed by atoms with Crippen molar-refractivity contribution in [3.63, 3.8) is 0 Å². The van der Waals surface area contributed by atoms with E-state index in [1.54, 1.807) is 0 Å². The van der Waals surface area contributed by atoms with Crippen LogP contribution in [0.5, 0.6) is 0 Å². The molecule has 2 aliphatic rings. The number of carbonyl (C=O) groups is 1. The molecule has 0 saturated carbocycles. The summed E-state index contributed by atoms with van der Waals surface area (Å²) in [5, 5.41) is 1.96. The summed E-state index contributed by atoms with van der Waals surface area (Å²) in [7, 11) is 0. The molecule has 0 spiro atoms. The maximum absolute atomic E-state index is 12.9. The highest BCUT2D eigenvalue weighted by Crippen LogP contribution is 2.31. The molecule has 1 amide bonds. The van der Waals surface area contributed by atoms with Crippen molar-refractivity contribution in [2.45, 2.75) is 38.9 Å². The van der Waals surface area contributed by atoms with Crippen LogP contribution in [0.3, 0.4) is 0 Å². The van der Waals surface area contributed by atoms with Crippen LogP contribution < -0.4 is 5.43 Å². The maximum Gasteiger partial charge on any atom is 0.251 e. The first-order valence-corrected chi connectivity index (χ1v) is 8.76. The Bertz CT molecular complexity index is 815. The van der Waals surface area contributed by atoms with Gasteiger partial charge in [0.25, 0.3) is 5.91 Å². The van der Waals surface area contributed by atoms with Crippen molar-refractivity contribution in [2.24, 2.45) is 0 Å². The molecule has 1 fully saturated rings. The number of nitrogens with one attached hydrogen (secondary N) is 1. The highest BCUT2D eigenvalue weighted by molar-refractivity contribution is 5.84. The first-order chi connectivity index (χ1) is 12.1. The summed E-state index contributed by atoms with van der Waals surface area (Å²) in [5.74, 6) is 0.158. The summed E-state index contributed by atoms with van der Waals surface area (Å²) < 4.78 is 0. The Morgan fingerprint density at radius 3 is 2.60 bits per heavy atom. The molecule has 25 heavy (non-hydrogen) atoms. The normalized spacial score (nSPS) is 22.4. The number of aryl methyl sites for hydroxylation is 2. The van der Waals surface area contributed by atoms with Gasteiger partial charge in [-0.3, -0.25) is 4.79 Å². The van der Waals surface area contributed by atoms with Crippen LogP contribution >= 0.6 is 0 Å². The smallest absolute Gasteiger partial charge is 0.251 e. The van der Waals surface area contributed by atoms with E-state index < -0.39 is 0 Å². The van der Waals surface area contributed by atoms with E-state index >= 15 is 0 Å². The van der Waals surface area contributed by atoms with Crippen molar-refractivity contribution in [2.75, 3.05) is 0 Å². The summed E-state index contributed by atoms with van der Waals surface area (Å²) in [6, 6.07) is 16.7. The topological polar surface area (TPSA) is 35.6 Å². The van der Waals surface area contributed by atoms with Crippen molar-refractivity contribution in [3.8, 4) is 0 Å². The Hall–Kier alpha value is -2.59. The Morgan fingerprint density at radius 1 is 1.04 bits per heavy atom. The van der Waals surface area contributed by atoms with Gasteiger partial charge in [-0.05, 0) is 42.5 Å². The van der Waals surface area contributed by atoms with Gasteiger partial charge >= 0.3 is 0 Å². The highest BCUT2D eigenvalue weighted by atomic mass is 16.2. The molecule has 2 heterocycles. The van der Waals surface area contributed by atoms with Gasteiger partial charge in [0.05, 0.1) is 12.6 Å². The van der Waals surface area contributed by atoms with Crippen LogP contribution in [0.15, 0.2) is 60.9 Å². The van der Waals surface area contributed by atoms with Gasteiger partial charge in [-0.25, -0.2) is 5.43 Å². The fourth-order valence-electron chi connectivity index (χ4n) is 3.55. The number of hydrazine groups is 1. The Labute approximate surface area is 148 Å². The molecular formula is C21H23N3O. The standard InChI is InChI=1S/C21H23N3O/c1-15-8-9-18(12-16(15)2)19-13-20-21(25)23(10-11-24(20)22-19)14-17-6-4-3-5-7-17/h3-12,19-20,22H,13-14H2,1-2H3. The predicted octanol–water partition coefficient (Wildman–Crippen LogP) is 3.44. The van der Waals surface area contributed by atoms with Gasteiger partial charge in [0.2, 0.25) is 0 Å². The van der Waals surface area contributed by atoms with Crippen molar-refractivity contribution in [3.05, 3.63) is 83.2 Å². The average molecular weight is 333 g/mol. The number of nitrogens with zero attached hydrogens (tertiary/aromatic N) is 2. The summed E-state index contributed by atoms with van der Waals surface area (Å²) in [6.07, 6.45) is 4.65. The van der Waals surface area contributed by atoms with E-state index in [1.165, 1.54) is 16.7 Å². The third-order valence-corrected chi connectivity index (χ3v) is 5.20. The van der Waals surface area contributed by atoms with Gasteiger partial charge in [0, 0.05) is 12.4 Å². The van der Waals surface area contributed by atoms with Crippen molar-refractivity contribution >= 4 is 5.91 Å². The van der Waals surface area contributed by atoms with Gasteiger partial charge < -0.3 is 9.91 Å². The van der Waals surface area contributed by atoms with E-state index in [0.29, 0.717) is 6.54 Å². The quantitative estimate of drug-likeness (QED) is 0.935. The van der Waals surface area contributed by atoms with Gasteiger partial charge in [0.1, 0.15) is 6.04 Å². The van der Waals surface area contributed by atoms with E-state index in [0.717, 1.165) is 12.0 Å². The fourth-order valence-corrected chi connectivity index (χ4v) is 3.55. The van der Waals surface area contributed by atoms with Gasteiger partial charge in [-0.15, -0.1) is 0 Å². The molecule has 4 heteroatoms. The molecule has 2 aromatic rings. The van der Waals surface area contributed by atoms with Gasteiger partial charge in [-0.2, -0.15) is 0 Å². The fraction of sp³-hybridized carbons (Fsp3) is 0.286. The second kappa shape index (κ2) is 6.37. The van der Waals surface area contributed by atoms with E-state index in [1.807, 2.05) is 40.5 Å². The summed E-state index contributed by atoms with van der Waals surface area (Å²) in [5.41, 5.74) is 8.44. The minimum absolute atomic E-state index is 0.139. The SMILES string of the molecule is Cc1ccc(C2CC3C(=O)N(Cc4ccccc4)C=CN3N2)cc1C. The molecule has 1 N–H and O–H groups in total. The van der Waals surface area contributed by atoms with Crippen molar-refractivity contribution < 1.29 is 4.79 Å². The molecule has 0 aromatic heterocycles. The number of rotatable bonds is 3. The maximum atomic E-state index is 12.9. The van der Waals surface area contributed by atoms with Crippen molar-refractivity contribution in [1.82, 2.24) is 15.3 Å². The van der Waals surface area contributed by atoms with Crippen LogP contribution in [-0.4, -0.2) is 21.9 Å². The predicted molar refractivity (Wildman–Crippen MR) is 98.2 cm³/mol. The molecule has 4 nitrogen and oxygen atoms in total. The number of fused-ring (bicyclic) bond motifs is 1. The number of benzene rings is 2. The molecule has 0 bridgehead atoms. The van der Waals surface area contributed by atoms with Crippen LogP contribution in [0.2, 0.25) is 0 Å². The number of hydrogen-bond acceptors (Lipinski definition) is 3. The Balaban J connectivity index is 1.50. The third-order valence-electron chi connectivity index (χ3n) is 5.20. The molecule has 0 radical (unpaired) electrons. The largest absolute Gasteiger partial charge is 0.311 e. The van der Waals surface area contributed by atoms with E-state index in [2.05, 4.69) is 49.6 Å². The lowest BCUT2D eigenvalue weighted by Crippen LogP contribution is -2.47. The number of amides is 1. The average Bonchev–Trinajstić information content (AvgIpc) is 3.06. The minimum atomic E-state index is -0.139. The number of carbonyl (C=O) groups excluding carboxylic acids is 1. The lowest BCUT2D eigenvalue weighted by molar-refractivity contribution is -0.134. The second-order valence-corrected chi connectivity index (χ2v) is 6.93. The second-order valence-electron chi connectivity index (χ2n) is 6.93. The first-order valence-electron chi connectivity index (χ1n) is 8.76. The molecule has 1 saturated heterocycles. The Kier molecular flexibility index (Phi) is 4.06. The monoisotopic (exact) mass is 333 g/mol. The zero-order chi connectivity index (χ0) is 17.4. The molecule has 128 valence electrons. The first kappa shape index (κ1) is 15.9. The zero-order valence-corrected chi connectivity index (χ0v) is 14.6. The highest BCUT2D eigenvalue weighted by Gasteiger charge is 2.39. The van der Waals surface area contributed by atoms with Crippen LogP contribution in [0.1, 0.15) is 34.7 Å². The molecular weight excluding hydrogens is 310 g/mol. The number of hydrogen-bond donors (Lipinski definition) is 1. The molecule has 2 unspecified atom stereocenters. The third kappa shape index (κ3) is 3.05. The molecule has 2 aromatic carbocycles. The lowest BCUT2D eigenvalue weighted by Gasteiger charge is -2.31. The summed E-state index contributed by atoms with van der Waals surface area (Å²) in [4.78, 5) is 14.7. The summed E-state index contributed by atoms with van der Waals surface area (Å²) in [6.45, 7) is 4.88.